The maximum absolute atomic E-state index is 12.5. The monoisotopic (exact) mass is 510 g/mol. The number of nitrogens with one attached hydrogen (secondary N) is 2. The van der Waals surface area contributed by atoms with Crippen LogP contribution in [-0.2, 0) is 5.41 Å². The average molecular weight is 510 g/mol. The zero-order valence-electron chi connectivity index (χ0n) is 16.3. The maximum atomic E-state index is 12.5. The maximum Gasteiger partial charge on any atom is 0.401 e. The fourth-order valence-corrected chi connectivity index (χ4v) is 3.77. The molecule has 0 radical (unpaired) electrons. The topological polar surface area (TPSA) is 39.7 Å². The molecule has 2 aliphatic rings. The predicted octanol–water partition coefficient (Wildman–Crippen LogP) is 3.78. The Morgan fingerprint density at radius 3 is 2.54 bits per heavy atom. The molecular weight excluding hydrogens is 480 g/mol. The molecule has 1 aliphatic heterocycles. The van der Waals surface area contributed by atoms with Gasteiger partial charge >= 0.3 is 6.18 Å². The van der Waals surface area contributed by atoms with Crippen LogP contribution in [0.2, 0.25) is 0 Å². The first kappa shape index (κ1) is 23.3. The standard InChI is InChI=1S/C20H29F3N4.HI/c1-2-24-18(25-12-16-8-11-27(13-16)15-20(21,22)23)26-14-19(9-10-19)17-6-4-3-5-7-17;/h3-7,16H,2,8-15H2,1H3,(H2,24,25,26);1H. The van der Waals surface area contributed by atoms with Gasteiger partial charge in [0.15, 0.2) is 5.96 Å². The molecule has 3 rings (SSSR count). The van der Waals surface area contributed by atoms with Crippen LogP contribution in [0.3, 0.4) is 0 Å². The third-order valence-electron chi connectivity index (χ3n) is 5.45. The molecule has 0 bridgehead atoms. The number of hydrogen-bond donors (Lipinski definition) is 2. The first-order valence-corrected chi connectivity index (χ1v) is 9.77. The number of alkyl halides is 3. The predicted molar refractivity (Wildman–Crippen MR) is 117 cm³/mol. The van der Waals surface area contributed by atoms with Gasteiger partial charge in [-0.1, -0.05) is 30.3 Å². The lowest BCUT2D eigenvalue weighted by Crippen LogP contribution is -2.41. The zero-order chi connectivity index (χ0) is 19.3. The summed E-state index contributed by atoms with van der Waals surface area (Å²) in [7, 11) is 0. The number of guanidine groups is 1. The lowest BCUT2D eigenvalue weighted by molar-refractivity contribution is -0.143. The van der Waals surface area contributed by atoms with Gasteiger partial charge in [-0.15, -0.1) is 24.0 Å². The van der Waals surface area contributed by atoms with E-state index in [4.69, 9.17) is 4.99 Å². The van der Waals surface area contributed by atoms with Crippen molar-refractivity contribution in [2.75, 3.05) is 39.3 Å². The van der Waals surface area contributed by atoms with Gasteiger partial charge in [-0.3, -0.25) is 9.89 Å². The molecule has 1 aromatic rings. The van der Waals surface area contributed by atoms with Crippen molar-refractivity contribution in [1.29, 1.82) is 0 Å². The number of benzene rings is 1. The van der Waals surface area contributed by atoms with Crippen molar-refractivity contribution >= 4 is 29.9 Å². The van der Waals surface area contributed by atoms with Crippen LogP contribution in [0.5, 0.6) is 0 Å². The highest BCUT2D eigenvalue weighted by Crippen LogP contribution is 2.48. The summed E-state index contributed by atoms with van der Waals surface area (Å²) in [6.07, 6.45) is -1.03. The van der Waals surface area contributed by atoms with E-state index in [2.05, 4.69) is 34.9 Å². The number of hydrogen-bond acceptors (Lipinski definition) is 2. The van der Waals surface area contributed by atoms with E-state index in [1.807, 2.05) is 13.0 Å². The normalized spacial score (nSPS) is 21.9. The van der Waals surface area contributed by atoms with Crippen LogP contribution in [0.15, 0.2) is 35.3 Å². The van der Waals surface area contributed by atoms with E-state index in [1.54, 1.807) is 0 Å². The highest BCUT2D eigenvalue weighted by Gasteiger charge is 2.44. The third kappa shape index (κ3) is 6.79. The van der Waals surface area contributed by atoms with Crippen LogP contribution < -0.4 is 10.6 Å². The van der Waals surface area contributed by atoms with Crippen molar-refractivity contribution in [3.05, 3.63) is 35.9 Å². The highest BCUT2D eigenvalue weighted by atomic mass is 127. The number of rotatable bonds is 7. The second-order valence-corrected chi connectivity index (χ2v) is 7.73. The molecule has 28 heavy (non-hydrogen) atoms. The summed E-state index contributed by atoms with van der Waals surface area (Å²) < 4.78 is 37.6. The second kappa shape index (κ2) is 10.1. The molecular formula is C20H30F3IN4. The van der Waals surface area contributed by atoms with Gasteiger partial charge in [0.05, 0.1) is 13.1 Å². The van der Waals surface area contributed by atoms with E-state index in [1.165, 1.54) is 10.5 Å². The van der Waals surface area contributed by atoms with Crippen molar-refractivity contribution in [2.24, 2.45) is 10.9 Å². The van der Waals surface area contributed by atoms with Crippen LogP contribution >= 0.6 is 24.0 Å². The van der Waals surface area contributed by atoms with E-state index >= 15 is 0 Å². The number of halogens is 4. The molecule has 2 fully saturated rings. The molecule has 0 amide bonds. The average Bonchev–Trinajstić information content (AvgIpc) is 3.30. The Morgan fingerprint density at radius 1 is 1.21 bits per heavy atom. The molecule has 1 aromatic carbocycles. The molecule has 2 N–H and O–H groups in total. The Balaban J connectivity index is 0.00000280. The molecule has 1 saturated heterocycles. The van der Waals surface area contributed by atoms with Crippen LogP contribution in [0.4, 0.5) is 13.2 Å². The Kier molecular flexibility index (Phi) is 8.42. The smallest absolute Gasteiger partial charge is 0.357 e. The van der Waals surface area contributed by atoms with Crippen molar-refractivity contribution in [1.82, 2.24) is 15.5 Å². The van der Waals surface area contributed by atoms with Gasteiger partial charge < -0.3 is 10.6 Å². The van der Waals surface area contributed by atoms with Crippen molar-refractivity contribution in [3.63, 3.8) is 0 Å². The van der Waals surface area contributed by atoms with Crippen molar-refractivity contribution in [3.8, 4) is 0 Å². The van der Waals surface area contributed by atoms with Gasteiger partial charge in [0.25, 0.3) is 0 Å². The minimum atomic E-state index is -4.12. The molecule has 158 valence electrons. The number of likely N-dealkylation sites (tertiary alicyclic amines) is 1. The Hall–Kier alpha value is -1.03. The fourth-order valence-electron chi connectivity index (χ4n) is 3.77. The van der Waals surface area contributed by atoms with Gasteiger partial charge in [-0.05, 0) is 44.2 Å². The summed E-state index contributed by atoms with van der Waals surface area (Å²) in [4.78, 5) is 6.26. The van der Waals surface area contributed by atoms with Crippen LogP contribution in [0.25, 0.3) is 0 Å². The van der Waals surface area contributed by atoms with E-state index in [0.29, 0.717) is 19.6 Å². The summed E-state index contributed by atoms with van der Waals surface area (Å²) >= 11 is 0. The summed E-state index contributed by atoms with van der Waals surface area (Å²) in [5.41, 5.74) is 1.49. The van der Waals surface area contributed by atoms with Crippen LogP contribution in [0.1, 0.15) is 31.7 Å². The SMILES string of the molecule is CCNC(=NCC1(c2ccccc2)CC1)NCC1CCN(CC(F)(F)F)C1.I. The van der Waals surface area contributed by atoms with Gasteiger partial charge in [0.1, 0.15) is 0 Å². The largest absolute Gasteiger partial charge is 0.401 e. The summed E-state index contributed by atoms with van der Waals surface area (Å²) in [5, 5.41) is 6.58. The molecule has 0 aromatic heterocycles. The van der Waals surface area contributed by atoms with Crippen molar-refractivity contribution < 1.29 is 13.2 Å². The molecule has 1 unspecified atom stereocenters. The molecule has 4 nitrogen and oxygen atoms in total. The minimum Gasteiger partial charge on any atom is -0.357 e. The van der Waals surface area contributed by atoms with Crippen molar-refractivity contribution in [2.45, 2.75) is 37.8 Å². The summed E-state index contributed by atoms with van der Waals surface area (Å²) in [5.74, 6) is 0.981. The Bertz CT molecular complexity index is 632. The molecule has 1 aliphatic carbocycles. The molecule has 1 saturated carbocycles. The lowest BCUT2D eigenvalue weighted by Gasteiger charge is -2.19. The first-order valence-electron chi connectivity index (χ1n) is 9.77. The first-order chi connectivity index (χ1) is 12.9. The van der Waals surface area contributed by atoms with Crippen LogP contribution in [-0.4, -0.2) is 56.3 Å². The molecule has 1 heterocycles. The molecule has 1 atom stereocenters. The zero-order valence-corrected chi connectivity index (χ0v) is 18.6. The lowest BCUT2D eigenvalue weighted by atomic mass is 9.96. The molecule has 0 spiro atoms. The fraction of sp³-hybridized carbons (Fsp3) is 0.650. The number of nitrogens with zero attached hydrogens (tertiary/aromatic N) is 2. The highest BCUT2D eigenvalue weighted by molar-refractivity contribution is 14.0. The van der Waals surface area contributed by atoms with Gasteiger partial charge in [0.2, 0.25) is 0 Å². The summed E-state index contributed by atoms with van der Waals surface area (Å²) in [6.45, 7) is 4.35. The van der Waals surface area contributed by atoms with E-state index in [0.717, 1.165) is 38.3 Å². The van der Waals surface area contributed by atoms with Gasteiger partial charge in [0, 0.05) is 25.0 Å². The third-order valence-corrected chi connectivity index (χ3v) is 5.45. The van der Waals surface area contributed by atoms with E-state index in [9.17, 15) is 13.2 Å². The Morgan fingerprint density at radius 2 is 1.93 bits per heavy atom. The molecule has 8 heteroatoms. The van der Waals surface area contributed by atoms with E-state index in [-0.39, 0.29) is 35.3 Å². The van der Waals surface area contributed by atoms with E-state index < -0.39 is 12.7 Å². The van der Waals surface area contributed by atoms with Gasteiger partial charge in [-0.25, -0.2) is 0 Å². The quantitative estimate of drug-likeness (QED) is 0.334. The number of aliphatic imine (C=N–C) groups is 1. The summed E-state index contributed by atoms with van der Waals surface area (Å²) in [6, 6.07) is 10.5. The second-order valence-electron chi connectivity index (χ2n) is 7.73. The minimum absolute atomic E-state index is 0. The Labute approximate surface area is 182 Å². The van der Waals surface area contributed by atoms with Gasteiger partial charge in [-0.2, -0.15) is 13.2 Å². The van der Waals surface area contributed by atoms with Crippen LogP contribution in [0, 0.1) is 5.92 Å².